The van der Waals surface area contributed by atoms with Gasteiger partial charge in [0.2, 0.25) is 0 Å². The quantitative estimate of drug-likeness (QED) is 0.780. The number of aliphatic carboxylic acids is 1. The van der Waals surface area contributed by atoms with Crippen LogP contribution >= 0.6 is 0 Å². The lowest BCUT2D eigenvalue weighted by molar-refractivity contribution is -0.145. The lowest BCUT2D eigenvalue weighted by atomic mass is 9.80. The highest BCUT2D eigenvalue weighted by Gasteiger charge is 2.36. The van der Waals surface area contributed by atoms with Crippen LogP contribution in [0.15, 0.2) is 6.20 Å². The third-order valence-electron chi connectivity index (χ3n) is 5.94. The zero-order chi connectivity index (χ0) is 17.4. The Balaban J connectivity index is 1.36. The number of hydrogen-bond acceptors (Lipinski definition) is 3. The van der Waals surface area contributed by atoms with E-state index in [-0.39, 0.29) is 24.0 Å². The van der Waals surface area contributed by atoms with Crippen LogP contribution < -0.4 is 10.6 Å². The van der Waals surface area contributed by atoms with Crippen molar-refractivity contribution in [3.05, 3.63) is 17.5 Å². The summed E-state index contributed by atoms with van der Waals surface area (Å²) in [6, 6.07) is 0.243. The summed E-state index contributed by atoms with van der Waals surface area (Å²) in [7, 11) is 0. The molecule has 4 rings (SSSR count). The van der Waals surface area contributed by atoms with Crippen molar-refractivity contribution in [3.8, 4) is 0 Å². The van der Waals surface area contributed by atoms with Gasteiger partial charge in [-0.1, -0.05) is 12.8 Å². The van der Waals surface area contributed by atoms with Crippen molar-refractivity contribution in [2.24, 2.45) is 5.92 Å². The predicted molar refractivity (Wildman–Crippen MR) is 91.2 cm³/mol. The molecule has 3 N–H and O–H groups in total. The van der Waals surface area contributed by atoms with Gasteiger partial charge in [0.25, 0.3) is 0 Å². The summed E-state index contributed by atoms with van der Waals surface area (Å²) >= 11 is 0. The fourth-order valence-electron chi connectivity index (χ4n) is 4.38. The number of urea groups is 1. The molecule has 2 fully saturated rings. The largest absolute Gasteiger partial charge is 0.481 e. The first kappa shape index (κ1) is 16.4. The Kier molecular flexibility index (Phi) is 4.39. The van der Waals surface area contributed by atoms with Gasteiger partial charge in [-0.15, -0.1) is 0 Å². The molecular weight excluding hydrogens is 320 g/mol. The van der Waals surface area contributed by atoms with E-state index in [0.29, 0.717) is 18.9 Å². The van der Waals surface area contributed by atoms with Crippen LogP contribution in [0.4, 0.5) is 4.79 Å². The Labute approximate surface area is 147 Å². The topological polar surface area (TPSA) is 96.3 Å². The standard InChI is InChI=1S/C18H26N4O3/c23-17(24)12-8-13(9-12)19-18(25)20-15-7-3-4-11-10-22(21-16(11)15)14-5-1-2-6-14/h10,12-15H,1-9H2,(H,23,24)(H2,19,20,25). The second-order valence-corrected chi connectivity index (χ2v) is 7.72. The minimum Gasteiger partial charge on any atom is -0.481 e. The van der Waals surface area contributed by atoms with Crippen LogP contribution in [0.2, 0.25) is 0 Å². The van der Waals surface area contributed by atoms with Crippen LogP contribution in [0, 0.1) is 5.92 Å². The Bertz CT molecular complexity index is 659. The SMILES string of the molecule is O=C(NC1CC(C(=O)O)C1)NC1CCCc2cn(C3CCCC3)nc21. The van der Waals surface area contributed by atoms with Gasteiger partial charge >= 0.3 is 12.0 Å². The molecule has 1 unspecified atom stereocenters. The van der Waals surface area contributed by atoms with Crippen LogP contribution in [-0.2, 0) is 11.2 Å². The molecule has 7 heteroatoms. The van der Waals surface area contributed by atoms with E-state index in [1.165, 1.54) is 31.2 Å². The summed E-state index contributed by atoms with van der Waals surface area (Å²) in [4.78, 5) is 23.1. The van der Waals surface area contributed by atoms with Crippen molar-refractivity contribution in [3.63, 3.8) is 0 Å². The van der Waals surface area contributed by atoms with Gasteiger partial charge in [-0.2, -0.15) is 5.10 Å². The van der Waals surface area contributed by atoms with Gasteiger partial charge in [0.15, 0.2) is 0 Å². The average Bonchev–Trinajstić information content (AvgIpc) is 3.19. The lowest BCUT2D eigenvalue weighted by Crippen LogP contribution is -2.50. The first-order chi connectivity index (χ1) is 12.1. The molecule has 3 aliphatic rings. The number of nitrogens with one attached hydrogen (secondary N) is 2. The van der Waals surface area contributed by atoms with Crippen molar-refractivity contribution >= 4 is 12.0 Å². The van der Waals surface area contributed by atoms with Crippen molar-refractivity contribution in [2.75, 3.05) is 0 Å². The summed E-state index contributed by atoms with van der Waals surface area (Å²) in [5, 5.41) is 19.7. The van der Waals surface area contributed by atoms with E-state index in [4.69, 9.17) is 10.2 Å². The van der Waals surface area contributed by atoms with Gasteiger partial charge in [0, 0.05) is 12.2 Å². The van der Waals surface area contributed by atoms with Gasteiger partial charge in [0.1, 0.15) is 0 Å². The van der Waals surface area contributed by atoms with E-state index in [9.17, 15) is 9.59 Å². The van der Waals surface area contributed by atoms with E-state index in [1.54, 1.807) is 0 Å². The highest BCUT2D eigenvalue weighted by atomic mass is 16.4. The average molecular weight is 346 g/mol. The smallest absolute Gasteiger partial charge is 0.315 e. The van der Waals surface area contributed by atoms with E-state index >= 15 is 0 Å². The van der Waals surface area contributed by atoms with E-state index in [0.717, 1.165) is 25.0 Å². The molecule has 0 aliphatic heterocycles. The number of carboxylic acid groups (broad SMARTS) is 1. The lowest BCUT2D eigenvalue weighted by Gasteiger charge is -2.33. The molecule has 0 radical (unpaired) electrons. The zero-order valence-corrected chi connectivity index (χ0v) is 14.4. The van der Waals surface area contributed by atoms with E-state index in [1.807, 2.05) is 0 Å². The molecule has 0 bridgehead atoms. The summed E-state index contributed by atoms with van der Waals surface area (Å²) in [6.07, 6.45) is 11.2. The molecule has 3 aliphatic carbocycles. The number of carbonyl (C=O) groups is 2. The Morgan fingerprint density at radius 2 is 1.88 bits per heavy atom. The second kappa shape index (κ2) is 6.69. The fraction of sp³-hybridized carbons (Fsp3) is 0.722. The van der Waals surface area contributed by atoms with Gasteiger partial charge in [-0.05, 0) is 50.5 Å². The molecule has 1 atom stereocenters. The summed E-state index contributed by atoms with van der Waals surface area (Å²) in [5.41, 5.74) is 2.28. The maximum Gasteiger partial charge on any atom is 0.315 e. The van der Waals surface area contributed by atoms with Gasteiger partial charge < -0.3 is 15.7 Å². The molecular formula is C18H26N4O3. The number of rotatable bonds is 4. The van der Waals surface area contributed by atoms with Gasteiger partial charge in [-0.3, -0.25) is 9.48 Å². The van der Waals surface area contributed by atoms with E-state index < -0.39 is 5.97 Å². The number of carbonyl (C=O) groups excluding carboxylic acids is 1. The number of fused-ring (bicyclic) bond motifs is 1. The monoisotopic (exact) mass is 346 g/mol. The van der Waals surface area contributed by atoms with Crippen molar-refractivity contribution in [2.45, 2.75) is 75.9 Å². The summed E-state index contributed by atoms with van der Waals surface area (Å²) < 4.78 is 2.12. The predicted octanol–water partition coefficient (Wildman–Crippen LogP) is 2.54. The number of hydrogen-bond donors (Lipinski definition) is 3. The van der Waals surface area contributed by atoms with Crippen molar-refractivity contribution in [1.29, 1.82) is 0 Å². The molecule has 0 saturated heterocycles. The molecule has 1 aromatic rings. The molecule has 0 spiro atoms. The molecule has 1 aromatic heterocycles. The second-order valence-electron chi connectivity index (χ2n) is 7.72. The Hall–Kier alpha value is -2.05. The maximum absolute atomic E-state index is 12.3. The molecule has 0 aromatic carbocycles. The third kappa shape index (κ3) is 3.37. The molecule has 2 saturated carbocycles. The van der Waals surface area contributed by atoms with Crippen LogP contribution in [0.25, 0.3) is 0 Å². The molecule has 2 amide bonds. The summed E-state index contributed by atoms with van der Waals surface area (Å²) in [5.74, 6) is -1.08. The minimum absolute atomic E-state index is 0.0276. The van der Waals surface area contributed by atoms with Crippen molar-refractivity contribution in [1.82, 2.24) is 20.4 Å². The molecule has 7 nitrogen and oxygen atoms in total. The number of aryl methyl sites for hydroxylation is 1. The Morgan fingerprint density at radius 1 is 1.12 bits per heavy atom. The van der Waals surface area contributed by atoms with Crippen LogP contribution in [0.1, 0.15) is 74.7 Å². The first-order valence-electron chi connectivity index (χ1n) is 9.48. The number of amides is 2. The maximum atomic E-state index is 12.3. The summed E-state index contributed by atoms with van der Waals surface area (Å²) in [6.45, 7) is 0. The minimum atomic E-state index is -0.771. The molecule has 1 heterocycles. The number of nitrogens with zero attached hydrogens (tertiary/aromatic N) is 2. The van der Waals surface area contributed by atoms with Crippen molar-refractivity contribution < 1.29 is 14.7 Å². The molecule has 25 heavy (non-hydrogen) atoms. The first-order valence-corrected chi connectivity index (χ1v) is 9.48. The van der Waals surface area contributed by atoms with Gasteiger partial charge in [0.05, 0.1) is 23.7 Å². The highest BCUT2D eigenvalue weighted by Crippen LogP contribution is 2.34. The van der Waals surface area contributed by atoms with Crippen LogP contribution in [0.5, 0.6) is 0 Å². The normalized spacial score (nSPS) is 28.9. The van der Waals surface area contributed by atoms with E-state index in [2.05, 4.69) is 21.5 Å². The highest BCUT2D eigenvalue weighted by molar-refractivity contribution is 5.76. The zero-order valence-electron chi connectivity index (χ0n) is 14.4. The van der Waals surface area contributed by atoms with Crippen LogP contribution in [0.3, 0.4) is 0 Å². The van der Waals surface area contributed by atoms with Gasteiger partial charge in [-0.25, -0.2) is 4.79 Å². The van der Waals surface area contributed by atoms with Crippen LogP contribution in [-0.4, -0.2) is 32.9 Å². The third-order valence-corrected chi connectivity index (χ3v) is 5.94. The number of carboxylic acids is 1. The fourth-order valence-corrected chi connectivity index (χ4v) is 4.38. The Morgan fingerprint density at radius 3 is 2.60 bits per heavy atom. The number of aromatic nitrogens is 2. The molecule has 136 valence electrons.